The molecule has 6 aromatic carbocycles. The lowest BCUT2D eigenvalue weighted by molar-refractivity contribution is -0.148. The Morgan fingerprint density at radius 2 is 0.722 bits per heavy atom. The number of hydrogen-bond acceptors (Lipinski definition) is 10. The molecule has 0 unspecified atom stereocenters. The van der Waals surface area contributed by atoms with E-state index in [1.54, 1.807) is 82.6 Å². The van der Waals surface area contributed by atoms with Gasteiger partial charge in [0.15, 0.2) is 0 Å². The van der Waals surface area contributed by atoms with Crippen LogP contribution < -0.4 is 19.3 Å². The first-order valence-corrected chi connectivity index (χ1v) is 24.6. The molecule has 2 aliphatic rings. The van der Waals surface area contributed by atoms with E-state index in [0.717, 1.165) is 33.6 Å². The summed E-state index contributed by atoms with van der Waals surface area (Å²) in [7, 11) is 0. The minimum Gasteiger partial charge on any atom is -0.458 e. The molecule has 12 nitrogen and oxygen atoms in total. The van der Waals surface area contributed by atoms with Crippen LogP contribution >= 0.6 is 46.4 Å². The smallest absolute Gasteiger partial charge is 0.308 e. The second-order valence-electron chi connectivity index (χ2n) is 17.3. The maximum Gasteiger partial charge on any atom is 0.308 e. The highest BCUT2D eigenvalue weighted by molar-refractivity contribution is 6.31. The first-order chi connectivity index (χ1) is 34.4. The Labute approximate surface area is 437 Å². The monoisotopic (exact) mass is 1050 g/mol. The van der Waals surface area contributed by atoms with Crippen molar-refractivity contribution in [1.29, 1.82) is 0 Å². The summed E-state index contributed by atoms with van der Waals surface area (Å²) >= 11 is 24.1. The van der Waals surface area contributed by atoms with Gasteiger partial charge in [0.25, 0.3) is 0 Å². The van der Waals surface area contributed by atoms with E-state index in [4.69, 9.17) is 65.4 Å². The van der Waals surface area contributed by atoms with Crippen molar-refractivity contribution >= 4 is 93.5 Å². The number of ether oxygens (including phenoxy) is 4. The Hall–Kier alpha value is -6.70. The molecule has 2 aliphatic heterocycles. The van der Waals surface area contributed by atoms with Crippen LogP contribution in [0.5, 0.6) is 11.5 Å². The van der Waals surface area contributed by atoms with E-state index >= 15 is 0 Å². The third-order valence-corrected chi connectivity index (χ3v) is 13.2. The number of nitrogens with zero attached hydrogens (tertiary/aromatic N) is 2. The molecule has 0 aromatic heterocycles. The van der Waals surface area contributed by atoms with Crippen LogP contribution in [-0.4, -0.2) is 35.7 Å². The lowest BCUT2D eigenvalue weighted by Crippen LogP contribution is -2.55. The van der Waals surface area contributed by atoms with E-state index in [-0.39, 0.29) is 35.7 Å². The number of esters is 4. The Morgan fingerprint density at radius 3 is 1.00 bits per heavy atom. The molecule has 372 valence electrons. The number of carbonyl (C=O) groups excluding carboxylic acids is 6. The average molecular weight is 1050 g/mol. The van der Waals surface area contributed by atoms with Gasteiger partial charge >= 0.3 is 23.9 Å². The molecular weight excluding hydrogens is 1000 g/mol. The average Bonchev–Trinajstić information content (AvgIpc) is 3.34. The highest BCUT2D eigenvalue weighted by Crippen LogP contribution is 2.49. The number of β-lactam (4-membered cyclic amide) rings is 2. The maximum atomic E-state index is 13.4. The molecule has 0 bridgehead atoms. The number of halogens is 4. The van der Waals surface area contributed by atoms with Crippen molar-refractivity contribution in [2.24, 2.45) is 11.8 Å². The topological polar surface area (TPSA) is 146 Å². The third kappa shape index (κ3) is 13.4. The highest BCUT2D eigenvalue weighted by atomic mass is 35.5. The summed E-state index contributed by atoms with van der Waals surface area (Å²) in [6, 6.07) is 42.3. The molecule has 2 fully saturated rings. The van der Waals surface area contributed by atoms with E-state index < -0.39 is 36.1 Å². The van der Waals surface area contributed by atoms with Gasteiger partial charge in [-0.2, -0.15) is 0 Å². The lowest BCUT2D eigenvalue weighted by Gasteiger charge is -2.48. The number of rotatable bonds is 16. The minimum absolute atomic E-state index is 0.0240. The Balaban J connectivity index is 0.000000211. The number of benzene rings is 6. The fourth-order valence-corrected chi connectivity index (χ4v) is 9.51. The van der Waals surface area contributed by atoms with Gasteiger partial charge in [0.05, 0.1) is 23.9 Å². The lowest BCUT2D eigenvalue weighted by atomic mass is 9.78. The summed E-state index contributed by atoms with van der Waals surface area (Å²) in [5.74, 6) is -1.43. The fourth-order valence-electron chi connectivity index (χ4n) is 9.00. The van der Waals surface area contributed by atoms with E-state index in [1.165, 1.54) is 27.7 Å². The Bertz CT molecular complexity index is 2680. The largest absolute Gasteiger partial charge is 0.458 e. The summed E-state index contributed by atoms with van der Waals surface area (Å²) in [5.41, 5.74) is 4.92. The molecule has 2 heterocycles. The molecular formula is C56H50Cl4N2O10. The van der Waals surface area contributed by atoms with Gasteiger partial charge in [-0.25, -0.2) is 0 Å². The Morgan fingerprint density at radius 1 is 0.431 bits per heavy atom. The number of anilines is 2. The van der Waals surface area contributed by atoms with Crippen LogP contribution in [0.3, 0.4) is 0 Å². The van der Waals surface area contributed by atoms with E-state index in [1.807, 2.05) is 72.8 Å². The van der Waals surface area contributed by atoms with Gasteiger partial charge in [0.1, 0.15) is 23.7 Å². The summed E-state index contributed by atoms with van der Waals surface area (Å²) < 4.78 is 21.5. The van der Waals surface area contributed by atoms with Gasteiger partial charge in [-0.05, 0) is 145 Å². The molecule has 8 rings (SSSR count). The van der Waals surface area contributed by atoms with Crippen LogP contribution in [0.2, 0.25) is 20.1 Å². The van der Waals surface area contributed by atoms with Crippen molar-refractivity contribution in [3.05, 3.63) is 188 Å². The van der Waals surface area contributed by atoms with Gasteiger partial charge < -0.3 is 28.7 Å². The summed E-state index contributed by atoms with van der Waals surface area (Å²) in [6.07, 6.45) is 0.940. The molecule has 72 heavy (non-hydrogen) atoms. The van der Waals surface area contributed by atoms with Crippen LogP contribution in [0.15, 0.2) is 146 Å². The maximum absolute atomic E-state index is 13.4. The van der Waals surface area contributed by atoms with Crippen LogP contribution in [0.4, 0.5) is 11.4 Å². The molecule has 0 radical (unpaired) electrons. The molecule has 0 saturated carbocycles. The van der Waals surface area contributed by atoms with E-state index in [0.29, 0.717) is 57.3 Å². The van der Waals surface area contributed by atoms with Gasteiger partial charge in [-0.15, -0.1) is 0 Å². The molecule has 0 spiro atoms. The highest BCUT2D eigenvalue weighted by Gasteiger charge is 2.50. The first-order valence-electron chi connectivity index (χ1n) is 23.0. The molecule has 6 atom stereocenters. The second-order valence-corrected chi connectivity index (χ2v) is 19.0. The molecule has 0 N–H and O–H groups in total. The number of carbonyl (C=O) groups is 6. The molecule has 16 heteroatoms. The van der Waals surface area contributed by atoms with Crippen molar-refractivity contribution in [1.82, 2.24) is 0 Å². The predicted molar refractivity (Wildman–Crippen MR) is 276 cm³/mol. The van der Waals surface area contributed by atoms with E-state index in [9.17, 15) is 28.8 Å². The molecule has 0 aliphatic carbocycles. The molecule has 6 aromatic rings. The van der Waals surface area contributed by atoms with Crippen LogP contribution in [-0.2, 0) is 38.2 Å². The summed E-state index contributed by atoms with van der Waals surface area (Å²) in [4.78, 5) is 76.3. The third-order valence-electron chi connectivity index (χ3n) is 12.2. The van der Waals surface area contributed by atoms with Gasteiger partial charge in [-0.1, -0.05) is 94.9 Å². The minimum atomic E-state index is -0.496. The van der Waals surface area contributed by atoms with Gasteiger partial charge in [-0.3, -0.25) is 28.8 Å². The van der Waals surface area contributed by atoms with Crippen LogP contribution in [0.25, 0.3) is 0 Å². The van der Waals surface area contributed by atoms with Crippen molar-refractivity contribution in [2.45, 2.75) is 77.7 Å². The zero-order chi connectivity index (χ0) is 51.6. The Kier molecular flexibility index (Phi) is 17.8. The predicted octanol–water partition coefficient (Wildman–Crippen LogP) is 13.4. The zero-order valence-electron chi connectivity index (χ0n) is 39.6. The normalized spacial score (nSPS) is 17.8. The van der Waals surface area contributed by atoms with E-state index in [2.05, 4.69) is 0 Å². The van der Waals surface area contributed by atoms with Crippen molar-refractivity contribution in [2.75, 3.05) is 9.80 Å². The summed E-state index contributed by atoms with van der Waals surface area (Å²) in [5, 5.41) is 2.34. The molecule has 2 saturated heterocycles. The second kappa shape index (κ2) is 24.1. The standard InChI is InChI=1S/2C28H25Cl2NO5/c2*1-17(32)35-24-13-5-20(6-14-24)27-25(28(34)31(27)23-11-9-22(30)10-12-23)15-16-26(36-18(2)33)19-3-7-21(29)8-4-19/h2*3-14,25-27H,15-16H2,1-2H3/t25-,26+,27-;25-,26-,27-/m11/s1. The van der Waals surface area contributed by atoms with Crippen molar-refractivity contribution in [3.63, 3.8) is 0 Å². The van der Waals surface area contributed by atoms with Crippen molar-refractivity contribution < 1.29 is 47.7 Å². The quantitative estimate of drug-likeness (QED) is 0.0521. The van der Waals surface area contributed by atoms with Gasteiger partial charge in [0, 0.05) is 59.2 Å². The zero-order valence-corrected chi connectivity index (χ0v) is 42.7. The molecule has 2 amide bonds. The van der Waals surface area contributed by atoms with Crippen LogP contribution in [0, 0.1) is 11.8 Å². The van der Waals surface area contributed by atoms with Crippen molar-refractivity contribution in [3.8, 4) is 11.5 Å². The van der Waals surface area contributed by atoms with Crippen LogP contribution in [0.1, 0.15) is 99.9 Å². The number of hydrogen-bond donors (Lipinski definition) is 0. The fraction of sp³-hybridized carbons (Fsp3) is 0.250. The summed E-state index contributed by atoms with van der Waals surface area (Å²) in [6.45, 7) is 5.42. The number of amides is 2. The SMILES string of the molecule is CC(=O)Oc1ccc([C@@H]2[C@@H](CC[C@@H](OC(C)=O)c3ccc(Cl)cc3)C(=O)N2c2ccc(Cl)cc2)cc1.CC(=O)Oc1ccc([C@@H]2[C@@H](CC[C@H](OC(C)=O)c3ccc(Cl)cc3)C(=O)N2c2ccc(Cl)cc2)cc1. The first kappa shape index (κ1) is 53.1. The van der Waals surface area contributed by atoms with Gasteiger partial charge in [0.2, 0.25) is 11.8 Å².